The van der Waals surface area contributed by atoms with Crippen molar-refractivity contribution < 1.29 is 4.74 Å². The zero-order valence-electron chi connectivity index (χ0n) is 9.03. The molecule has 4 atom stereocenters. The summed E-state index contributed by atoms with van der Waals surface area (Å²) in [5.41, 5.74) is 0.118. The van der Waals surface area contributed by atoms with Crippen molar-refractivity contribution in [1.82, 2.24) is 0 Å². The van der Waals surface area contributed by atoms with Crippen LogP contribution in [-0.2, 0) is 4.74 Å². The normalized spacial score (nSPS) is 46.0. The van der Waals surface area contributed by atoms with Crippen molar-refractivity contribution in [3.05, 3.63) is 0 Å². The SMILES string of the molecule is B[C@@H]1O[C@]2(CCCCC)CSC1C2S. The van der Waals surface area contributed by atoms with E-state index in [9.17, 15) is 0 Å². The lowest BCUT2D eigenvalue weighted by Crippen LogP contribution is -2.37. The van der Waals surface area contributed by atoms with Gasteiger partial charge < -0.3 is 4.74 Å². The van der Waals surface area contributed by atoms with E-state index in [-0.39, 0.29) is 5.60 Å². The zero-order chi connectivity index (χ0) is 10.2. The highest BCUT2D eigenvalue weighted by molar-refractivity contribution is 8.01. The second kappa shape index (κ2) is 4.30. The number of unbranched alkanes of at least 4 members (excludes halogenated alkanes) is 2. The Morgan fingerprint density at radius 3 is 2.86 bits per heavy atom. The van der Waals surface area contributed by atoms with Gasteiger partial charge in [0.25, 0.3) is 0 Å². The first-order valence-corrected chi connectivity index (χ1v) is 7.23. The Labute approximate surface area is 97.6 Å². The number of hydrogen-bond donors (Lipinski definition) is 1. The lowest BCUT2D eigenvalue weighted by atomic mass is 9.92. The molecular formula is C10H19BOS2. The summed E-state index contributed by atoms with van der Waals surface area (Å²) in [6.07, 6.45) is 5.13. The van der Waals surface area contributed by atoms with Gasteiger partial charge in [-0.25, -0.2) is 0 Å². The Kier molecular flexibility index (Phi) is 3.45. The molecule has 0 aromatic heterocycles. The lowest BCUT2D eigenvalue weighted by molar-refractivity contribution is -0.000657. The maximum absolute atomic E-state index is 6.11. The summed E-state index contributed by atoms with van der Waals surface area (Å²) in [5, 5.41) is 1.11. The molecule has 2 aliphatic heterocycles. The second-order valence-corrected chi connectivity index (χ2v) is 6.29. The Morgan fingerprint density at radius 1 is 1.57 bits per heavy atom. The van der Waals surface area contributed by atoms with E-state index < -0.39 is 0 Å². The summed E-state index contributed by atoms with van der Waals surface area (Å²) < 4.78 is 6.11. The fourth-order valence-electron chi connectivity index (χ4n) is 2.60. The smallest absolute Gasteiger partial charge is 0.140 e. The second-order valence-electron chi connectivity index (χ2n) is 4.57. The van der Waals surface area contributed by atoms with Crippen molar-refractivity contribution in [2.75, 3.05) is 5.75 Å². The van der Waals surface area contributed by atoms with Gasteiger partial charge in [0, 0.05) is 22.3 Å². The fourth-order valence-corrected chi connectivity index (χ4v) is 5.13. The van der Waals surface area contributed by atoms with E-state index in [1.54, 1.807) is 0 Å². The minimum Gasteiger partial charge on any atom is -0.378 e. The highest BCUT2D eigenvalue weighted by Crippen LogP contribution is 2.51. The van der Waals surface area contributed by atoms with Gasteiger partial charge in [0.1, 0.15) is 7.85 Å². The molecule has 2 aliphatic rings. The van der Waals surface area contributed by atoms with Crippen LogP contribution in [0.4, 0.5) is 0 Å². The van der Waals surface area contributed by atoms with E-state index in [2.05, 4.69) is 26.5 Å². The van der Waals surface area contributed by atoms with Crippen molar-refractivity contribution in [2.24, 2.45) is 0 Å². The summed E-state index contributed by atoms with van der Waals surface area (Å²) >= 11 is 6.81. The van der Waals surface area contributed by atoms with Crippen molar-refractivity contribution in [1.29, 1.82) is 0 Å². The van der Waals surface area contributed by atoms with Gasteiger partial charge in [-0.3, -0.25) is 0 Å². The molecule has 2 unspecified atom stereocenters. The number of thiol groups is 1. The van der Waals surface area contributed by atoms with Gasteiger partial charge in [-0.2, -0.15) is 24.4 Å². The van der Waals surface area contributed by atoms with E-state index in [4.69, 9.17) is 17.4 Å². The molecule has 0 aliphatic carbocycles. The predicted molar refractivity (Wildman–Crippen MR) is 69.3 cm³/mol. The number of thioether (sulfide) groups is 1. The molecule has 14 heavy (non-hydrogen) atoms. The van der Waals surface area contributed by atoms with Gasteiger partial charge in [-0.05, 0) is 6.42 Å². The molecule has 0 aromatic carbocycles. The molecule has 2 bridgehead atoms. The van der Waals surface area contributed by atoms with Crippen LogP contribution in [0.5, 0.6) is 0 Å². The highest BCUT2D eigenvalue weighted by atomic mass is 32.2. The van der Waals surface area contributed by atoms with Crippen LogP contribution >= 0.6 is 24.4 Å². The molecule has 2 saturated heterocycles. The number of rotatable bonds is 4. The quantitative estimate of drug-likeness (QED) is 0.447. The fraction of sp³-hybridized carbons (Fsp3) is 1.00. The lowest BCUT2D eigenvalue weighted by Gasteiger charge is -2.30. The third-order valence-corrected chi connectivity index (χ3v) is 6.15. The molecule has 4 heteroatoms. The van der Waals surface area contributed by atoms with Crippen molar-refractivity contribution >= 4 is 32.2 Å². The van der Waals surface area contributed by atoms with Gasteiger partial charge in [-0.15, -0.1) is 0 Å². The average Bonchev–Trinajstić information content (AvgIpc) is 2.57. The van der Waals surface area contributed by atoms with Crippen LogP contribution in [0.1, 0.15) is 32.6 Å². The number of hydrogen-bond acceptors (Lipinski definition) is 3. The first-order chi connectivity index (χ1) is 6.69. The minimum absolute atomic E-state index is 0.118. The van der Waals surface area contributed by atoms with Gasteiger partial charge >= 0.3 is 0 Å². The van der Waals surface area contributed by atoms with E-state index in [1.165, 1.54) is 31.4 Å². The molecule has 2 rings (SSSR count). The van der Waals surface area contributed by atoms with Crippen LogP contribution in [0.15, 0.2) is 0 Å². The molecule has 0 aromatic rings. The molecule has 0 radical (unpaired) electrons. The molecule has 0 N–H and O–H groups in total. The zero-order valence-corrected chi connectivity index (χ0v) is 10.7. The summed E-state index contributed by atoms with van der Waals surface area (Å²) in [4.78, 5) is 0. The summed E-state index contributed by atoms with van der Waals surface area (Å²) in [7, 11) is 2.20. The van der Waals surface area contributed by atoms with Crippen LogP contribution in [0.3, 0.4) is 0 Å². The van der Waals surface area contributed by atoms with Crippen molar-refractivity contribution in [3.63, 3.8) is 0 Å². The number of fused-ring (bicyclic) bond motifs is 2. The third-order valence-electron chi connectivity index (χ3n) is 3.46. The summed E-state index contributed by atoms with van der Waals surface area (Å²) in [6.45, 7) is 2.25. The minimum atomic E-state index is 0.118. The van der Waals surface area contributed by atoms with Gasteiger partial charge in [0.15, 0.2) is 0 Å². The maximum atomic E-state index is 6.11. The molecule has 0 spiro atoms. The van der Waals surface area contributed by atoms with Crippen LogP contribution in [0.25, 0.3) is 0 Å². The standard InChI is InChI=1S/C10H19BOS2/c1-2-3-4-5-10-6-14-7(8(10)13)9(11)12-10/h7-9,13H,2-6,11H2,1H3/t7?,8?,9-,10-/m1/s1. The van der Waals surface area contributed by atoms with E-state index in [0.29, 0.717) is 16.5 Å². The number of ether oxygens (including phenoxy) is 1. The molecule has 0 amide bonds. The molecular weight excluding hydrogens is 211 g/mol. The van der Waals surface area contributed by atoms with Gasteiger partial charge in [0.05, 0.1) is 5.60 Å². The monoisotopic (exact) mass is 230 g/mol. The third kappa shape index (κ3) is 1.74. The predicted octanol–water partition coefficient (Wildman–Crippen LogP) is 1.71. The van der Waals surface area contributed by atoms with E-state index in [0.717, 1.165) is 0 Å². The largest absolute Gasteiger partial charge is 0.378 e. The Bertz CT molecular complexity index is 214. The highest BCUT2D eigenvalue weighted by Gasteiger charge is 2.56. The molecule has 1 nitrogen and oxygen atoms in total. The van der Waals surface area contributed by atoms with Crippen LogP contribution in [0.2, 0.25) is 0 Å². The van der Waals surface area contributed by atoms with Gasteiger partial charge in [-0.1, -0.05) is 26.2 Å². The Hall–Kier alpha value is 0.725. The van der Waals surface area contributed by atoms with Crippen molar-refractivity contribution in [3.8, 4) is 0 Å². The molecule has 2 heterocycles. The van der Waals surface area contributed by atoms with E-state index in [1.807, 2.05) is 0 Å². The molecule has 2 fully saturated rings. The summed E-state index contributed by atoms with van der Waals surface area (Å²) in [6, 6.07) is 0.415. The van der Waals surface area contributed by atoms with E-state index >= 15 is 0 Å². The Balaban J connectivity index is 1.94. The van der Waals surface area contributed by atoms with Crippen LogP contribution in [-0.4, -0.2) is 35.7 Å². The topological polar surface area (TPSA) is 9.23 Å². The van der Waals surface area contributed by atoms with Gasteiger partial charge in [0.2, 0.25) is 0 Å². The van der Waals surface area contributed by atoms with Crippen LogP contribution in [0, 0.1) is 0 Å². The first-order valence-electron chi connectivity index (χ1n) is 5.67. The average molecular weight is 230 g/mol. The Morgan fingerprint density at radius 2 is 2.36 bits per heavy atom. The van der Waals surface area contributed by atoms with Crippen LogP contribution < -0.4 is 0 Å². The summed E-state index contributed by atoms with van der Waals surface area (Å²) in [5.74, 6) is 1.17. The maximum Gasteiger partial charge on any atom is 0.140 e. The molecule has 0 saturated carbocycles. The first kappa shape index (κ1) is 11.2. The molecule has 80 valence electrons. The van der Waals surface area contributed by atoms with Crippen molar-refractivity contribution in [2.45, 2.75) is 54.7 Å².